The molecule has 0 N–H and O–H groups in total. The summed E-state index contributed by atoms with van der Waals surface area (Å²) in [6.45, 7) is 3.91. The van der Waals surface area contributed by atoms with Crippen molar-refractivity contribution in [1.82, 2.24) is 14.3 Å². The molecular formula is C21H20N4O3. The molecule has 0 saturated carbocycles. The van der Waals surface area contributed by atoms with Crippen LogP contribution in [0.15, 0.2) is 53.3 Å². The normalized spacial score (nSPS) is 10.5. The van der Waals surface area contributed by atoms with Gasteiger partial charge in [-0.05, 0) is 62.2 Å². The number of ether oxygens (including phenoxy) is 1. The number of esters is 1. The number of carbonyl (C=O) groups excluding carboxylic acids is 1. The van der Waals surface area contributed by atoms with Crippen molar-refractivity contribution >= 4 is 5.97 Å². The Kier molecular flexibility index (Phi) is 5.70. The van der Waals surface area contributed by atoms with Crippen molar-refractivity contribution < 1.29 is 9.53 Å². The Morgan fingerprint density at radius 1 is 1.11 bits per heavy atom. The molecule has 0 aliphatic heterocycles. The van der Waals surface area contributed by atoms with Gasteiger partial charge in [0.25, 0.3) is 0 Å². The standard InChI is InChI=1S/C21H20N4O3/c1-3-28-20(26)13-8-16-4-11-19(12-5-16)25-21(27)24(15(2)23-25)18-9-6-17(14-22)7-10-18/h4-7,9-12H,3,8,13H2,1-2H3. The van der Waals surface area contributed by atoms with E-state index in [4.69, 9.17) is 10.00 Å². The number of rotatable bonds is 6. The van der Waals surface area contributed by atoms with Crippen LogP contribution >= 0.6 is 0 Å². The van der Waals surface area contributed by atoms with Gasteiger partial charge in [0, 0.05) is 6.42 Å². The number of aromatic nitrogens is 3. The largest absolute Gasteiger partial charge is 0.466 e. The van der Waals surface area contributed by atoms with Crippen molar-refractivity contribution in [2.24, 2.45) is 0 Å². The van der Waals surface area contributed by atoms with Crippen LogP contribution in [0.1, 0.15) is 30.3 Å². The summed E-state index contributed by atoms with van der Waals surface area (Å²) < 4.78 is 7.76. The summed E-state index contributed by atoms with van der Waals surface area (Å²) >= 11 is 0. The number of nitrogens with zero attached hydrogens (tertiary/aromatic N) is 4. The highest BCUT2D eigenvalue weighted by Gasteiger charge is 2.13. The van der Waals surface area contributed by atoms with Crippen molar-refractivity contribution in [3.05, 3.63) is 76.0 Å². The zero-order valence-corrected chi connectivity index (χ0v) is 15.8. The van der Waals surface area contributed by atoms with Gasteiger partial charge in [0.05, 0.1) is 29.6 Å². The SMILES string of the molecule is CCOC(=O)CCc1ccc(-n2nc(C)n(-c3ccc(C#N)cc3)c2=O)cc1. The zero-order valence-electron chi connectivity index (χ0n) is 15.8. The second-order valence-corrected chi connectivity index (χ2v) is 6.21. The highest BCUT2D eigenvalue weighted by Crippen LogP contribution is 2.13. The van der Waals surface area contributed by atoms with Crippen molar-refractivity contribution in [2.45, 2.75) is 26.7 Å². The molecule has 3 aromatic rings. The number of nitriles is 1. The van der Waals surface area contributed by atoms with E-state index in [2.05, 4.69) is 11.2 Å². The fraction of sp³-hybridized carbons (Fsp3) is 0.238. The van der Waals surface area contributed by atoms with E-state index in [1.54, 1.807) is 50.2 Å². The van der Waals surface area contributed by atoms with E-state index >= 15 is 0 Å². The van der Waals surface area contributed by atoms with Gasteiger partial charge in [-0.1, -0.05) is 12.1 Å². The topological polar surface area (TPSA) is 89.9 Å². The molecule has 7 heteroatoms. The fourth-order valence-electron chi connectivity index (χ4n) is 2.90. The second-order valence-electron chi connectivity index (χ2n) is 6.21. The van der Waals surface area contributed by atoms with Crippen LogP contribution in [0.25, 0.3) is 11.4 Å². The van der Waals surface area contributed by atoms with Gasteiger partial charge in [-0.3, -0.25) is 4.79 Å². The van der Waals surface area contributed by atoms with Gasteiger partial charge < -0.3 is 4.74 Å². The Morgan fingerprint density at radius 2 is 1.75 bits per heavy atom. The van der Waals surface area contributed by atoms with Gasteiger partial charge in [-0.2, -0.15) is 9.94 Å². The lowest BCUT2D eigenvalue weighted by Gasteiger charge is -2.04. The number of aryl methyl sites for hydroxylation is 2. The van der Waals surface area contributed by atoms with Gasteiger partial charge in [-0.25, -0.2) is 9.36 Å². The maximum Gasteiger partial charge on any atom is 0.355 e. The van der Waals surface area contributed by atoms with E-state index in [1.807, 2.05) is 12.1 Å². The molecule has 1 heterocycles. The molecule has 3 rings (SSSR count). The van der Waals surface area contributed by atoms with Crippen molar-refractivity contribution in [3.8, 4) is 17.4 Å². The Bertz CT molecular complexity index is 1070. The maximum absolute atomic E-state index is 12.9. The van der Waals surface area contributed by atoms with Crippen LogP contribution in [0, 0.1) is 18.3 Å². The third-order valence-corrected chi connectivity index (χ3v) is 4.30. The van der Waals surface area contributed by atoms with Gasteiger partial charge in [-0.15, -0.1) is 5.10 Å². The Hall–Kier alpha value is -3.66. The summed E-state index contributed by atoms with van der Waals surface area (Å²) in [7, 11) is 0. The minimum Gasteiger partial charge on any atom is -0.466 e. The van der Waals surface area contributed by atoms with Crippen LogP contribution in [0.5, 0.6) is 0 Å². The maximum atomic E-state index is 12.9. The highest BCUT2D eigenvalue weighted by molar-refractivity contribution is 5.69. The van der Waals surface area contributed by atoms with Gasteiger partial charge in [0.15, 0.2) is 0 Å². The molecule has 0 fully saturated rings. The zero-order chi connectivity index (χ0) is 20.1. The Balaban J connectivity index is 1.83. The average Bonchev–Trinajstić information content (AvgIpc) is 3.01. The number of hydrogen-bond donors (Lipinski definition) is 0. The number of hydrogen-bond acceptors (Lipinski definition) is 5. The molecule has 1 aromatic heterocycles. The Morgan fingerprint density at radius 3 is 2.36 bits per heavy atom. The molecule has 0 saturated heterocycles. The summed E-state index contributed by atoms with van der Waals surface area (Å²) in [5, 5.41) is 13.3. The summed E-state index contributed by atoms with van der Waals surface area (Å²) in [6.07, 6.45) is 0.895. The van der Waals surface area contributed by atoms with E-state index in [0.717, 1.165) is 5.56 Å². The van der Waals surface area contributed by atoms with Gasteiger partial charge in [0.1, 0.15) is 5.82 Å². The van der Waals surface area contributed by atoms with Crippen LogP contribution in [-0.2, 0) is 16.0 Å². The predicted octanol–water partition coefficient (Wildman–Crippen LogP) is 2.70. The first-order chi connectivity index (χ1) is 13.5. The average molecular weight is 376 g/mol. The van der Waals surface area contributed by atoms with E-state index in [9.17, 15) is 9.59 Å². The Labute approximate surface area is 162 Å². The second kappa shape index (κ2) is 8.35. The van der Waals surface area contributed by atoms with Crippen molar-refractivity contribution in [2.75, 3.05) is 6.61 Å². The molecule has 142 valence electrons. The molecule has 2 aromatic carbocycles. The van der Waals surface area contributed by atoms with Crippen LogP contribution in [-0.4, -0.2) is 26.9 Å². The van der Waals surface area contributed by atoms with Crippen LogP contribution in [0.4, 0.5) is 0 Å². The molecule has 0 amide bonds. The molecular weight excluding hydrogens is 356 g/mol. The molecule has 0 atom stereocenters. The van der Waals surface area contributed by atoms with Crippen LogP contribution in [0.2, 0.25) is 0 Å². The van der Waals surface area contributed by atoms with Crippen LogP contribution in [0.3, 0.4) is 0 Å². The molecule has 0 unspecified atom stereocenters. The number of carbonyl (C=O) groups is 1. The van der Waals surface area contributed by atoms with Crippen molar-refractivity contribution in [3.63, 3.8) is 0 Å². The molecule has 0 aliphatic rings. The third-order valence-electron chi connectivity index (χ3n) is 4.30. The monoisotopic (exact) mass is 376 g/mol. The highest BCUT2D eigenvalue weighted by atomic mass is 16.5. The quantitative estimate of drug-likeness (QED) is 0.617. The smallest absolute Gasteiger partial charge is 0.355 e. The predicted molar refractivity (Wildman–Crippen MR) is 104 cm³/mol. The first-order valence-corrected chi connectivity index (χ1v) is 8.97. The molecule has 0 bridgehead atoms. The first kappa shape index (κ1) is 19.1. The number of benzene rings is 2. The van der Waals surface area contributed by atoms with E-state index < -0.39 is 0 Å². The molecule has 0 aliphatic carbocycles. The van der Waals surface area contributed by atoms with E-state index in [-0.39, 0.29) is 11.7 Å². The summed E-state index contributed by atoms with van der Waals surface area (Å²) in [4.78, 5) is 24.3. The minimum atomic E-state index is -0.290. The first-order valence-electron chi connectivity index (χ1n) is 8.97. The van der Waals surface area contributed by atoms with Gasteiger partial charge in [0.2, 0.25) is 0 Å². The minimum absolute atomic E-state index is 0.223. The fourth-order valence-corrected chi connectivity index (χ4v) is 2.90. The molecule has 0 spiro atoms. The van der Waals surface area contributed by atoms with Crippen molar-refractivity contribution in [1.29, 1.82) is 5.26 Å². The lowest BCUT2D eigenvalue weighted by Crippen LogP contribution is -2.23. The summed E-state index contributed by atoms with van der Waals surface area (Å²) in [5.41, 5.74) is 2.51. The third kappa shape index (κ3) is 4.01. The molecule has 7 nitrogen and oxygen atoms in total. The van der Waals surface area contributed by atoms with Gasteiger partial charge >= 0.3 is 11.7 Å². The van der Waals surface area contributed by atoms with E-state index in [1.165, 1.54) is 9.25 Å². The lowest BCUT2D eigenvalue weighted by atomic mass is 10.1. The lowest BCUT2D eigenvalue weighted by molar-refractivity contribution is -0.143. The summed E-state index contributed by atoms with van der Waals surface area (Å²) in [5.74, 6) is 0.320. The van der Waals surface area contributed by atoms with E-state index in [0.29, 0.717) is 42.2 Å². The summed E-state index contributed by atoms with van der Waals surface area (Å²) in [6, 6.07) is 16.2. The molecule has 28 heavy (non-hydrogen) atoms. The van der Waals surface area contributed by atoms with Crippen LogP contribution < -0.4 is 5.69 Å². The molecule has 0 radical (unpaired) electrons.